The number of benzene rings is 1. The van der Waals surface area contributed by atoms with Gasteiger partial charge in [0.2, 0.25) is 0 Å². The third-order valence-electron chi connectivity index (χ3n) is 1.72. The molecule has 0 aliphatic carbocycles. The minimum Gasteiger partial charge on any atom is -0.508 e. The second-order valence-corrected chi connectivity index (χ2v) is 5.16. The van der Waals surface area contributed by atoms with Crippen molar-refractivity contribution >= 4 is 31.9 Å². The molecule has 1 aromatic rings. The minimum atomic E-state index is -0.196. The van der Waals surface area contributed by atoms with Gasteiger partial charge in [0.25, 0.3) is 0 Å². The molecule has 0 saturated heterocycles. The Morgan fingerprint density at radius 2 is 2.00 bits per heavy atom. The quantitative estimate of drug-likeness (QED) is 0.829. The van der Waals surface area contributed by atoms with E-state index in [0.29, 0.717) is 5.75 Å². The number of rotatable bonds is 2. The Morgan fingerprint density at radius 3 is 2.50 bits per heavy atom. The lowest BCUT2D eigenvalue weighted by atomic mass is 10.0. The van der Waals surface area contributed by atoms with E-state index in [0.717, 1.165) is 10.9 Å². The van der Waals surface area contributed by atoms with Gasteiger partial charge in [-0.25, -0.2) is 0 Å². The van der Waals surface area contributed by atoms with Crippen LogP contribution in [0, 0.1) is 0 Å². The number of phenolic OH excluding ortho intramolecular Hbond substituents is 1. The first-order chi connectivity index (χ1) is 5.58. The number of aromatic hydroxyl groups is 1. The lowest BCUT2D eigenvalue weighted by molar-refractivity contribution is 0.463. The third-order valence-corrected chi connectivity index (χ3v) is 4.30. The normalized spacial score (nSPS) is 15.6. The summed E-state index contributed by atoms with van der Waals surface area (Å²) in [5.41, 5.74) is 0.905. The molecule has 12 heavy (non-hydrogen) atoms. The maximum absolute atomic E-state index is 9.53. The number of halogens is 2. The van der Waals surface area contributed by atoms with Crippen LogP contribution in [-0.2, 0) is 4.32 Å². The van der Waals surface area contributed by atoms with Gasteiger partial charge in [0.15, 0.2) is 0 Å². The number of hydrogen-bond acceptors (Lipinski definition) is 1. The second kappa shape index (κ2) is 3.79. The maximum Gasteiger partial charge on any atom is 0.120 e. The van der Waals surface area contributed by atoms with E-state index in [-0.39, 0.29) is 4.32 Å². The topological polar surface area (TPSA) is 20.2 Å². The first kappa shape index (κ1) is 10.1. The number of para-hydroxylation sites is 1. The van der Waals surface area contributed by atoms with Crippen molar-refractivity contribution in [1.82, 2.24) is 0 Å². The van der Waals surface area contributed by atoms with E-state index in [9.17, 15) is 5.11 Å². The zero-order valence-electron chi connectivity index (χ0n) is 6.72. The Balaban J connectivity index is 3.10. The minimum absolute atomic E-state index is 0.196. The van der Waals surface area contributed by atoms with Gasteiger partial charge in [-0.1, -0.05) is 50.1 Å². The van der Waals surface area contributed by atoms with Crippen molar-refractivity contribution in [2.75, 3.05) is 5.33 Å². The molecule has 1 rings (SSSR count). The standard InChI is InChI=1S/C9H10Br2O/c1-9(11,6-10)7-4-2-3-5-8(7)12/h2-5,12H,6H2,1H3. The van der Waals surface area contributed by atoms with E-state index >= 15 is 0 Å². The molecule has 1 atom stereocenters. The first-order valence-electron chi connectivity index (χ1n) is 3.61. The van der Waals surface area contributed by atoms with Gasteiger partial charge in [0, 0.05) is 10.9 Å². The summed E-state index contributed by atoms with van der Waals surface area (Å²) in [6.07, 6.45) is 0. The van der Waals surface area contributed by atoms with Gasteiger partial charge in [-0.15, -0.1) is 0 Å². The van der Waals surface area contributed by atoms with Gasteiger partial charge < -0.3 is 5.11 Å². The van der Waals surface area contributed by atoms with Crippen LogP contribution in [-0.4, -0.2) is 10.4 Å². The summed E-state index contributed by atoms with van der Waals surface area (Å²) in [7, 11) is 0. The first-order valence-corrected chi connectivity index (χ1v) is 5.53. The molecule has 1 unspecified atom stereocenters. The van der Waals surface area contributed by atoms with Crippen LogP contribution in [0.25, 0.3) is 0 Å². The molecule has 0 aliphatic rings. The molecule has 66 valence electrons. The van der Waals surface area contributed by atoms with Crippen molar-refractivity contribution in [2.45, 2.75) is 11.2 Å². The molecule has 0 aliphatic heterocycles. The van der Waals surface area contributed by atoms with Gasteiger partial charge in [-0.3, -0.25) is 0 Å². The predicted octanol–water partition coefficient (Wildman–Crippen LogP) is 3.40. The third kappa shape index (κ3) is 2.02. The van der Waals surface area contributed by atoms with Crippen molar-refractivity contribution in [3.63, 3.8) is 0 Å². The van der Waals surface area contributed by atoms with Gasteiger partial charge in [-0.05, 0) is 13.0 Å². The van der Waals surface area contributed by atoms with E-state index < -0.39 is 0 Å². The van der Waals surface area contributed by atoms with Gasteiger partial charge in [-0.2, -0.15) is 0 Å². The number of alkyl halides is 2. The van der Waals surface area contributed by atoms with Crippen LogP contribution in [0.3, 0.4) is 0 Å². The molecular formula is C9H10Br2O. The van der Waals surface area contributed by atoms with Crippen molar-refractivity contribution in [2.24, 2.45) is 0 Å². The van der Waals surface area contributed by atoms with E-state index in [2.05, 4.69) is 31.9 Å². The fourth-order valence-electron chi connectivity index (χ4n) is 0.986. The molecule has 0 spiro atoms. The molecule has 0 radical (unpaired) electrons. The predicted molar refractivity (Wildman–Crippen MR) is 58.2 cm³/mol. The Hall–Kier alpha value is -0.0200. The van der Waals surface area contributed by atoms with Crippen molar-refractivity contribution in [3.05, 3.63) is 29.8 Å². The highest BCUT2D eigenvalue weighted by Crippen LogP contribution is 2.37. The van der Waals surface area contributed by atoms with Crippen LogP contribution >= 0.6 is 31.9 Å². The summed E-state index contributed by atoms with van der Waals surface area (Å²) in [5.74, 6) is 0.330. The fraction of sp³-hybridized carbons (Fsp3) is 0.333. The molecule has 1 aromatic carbocycles. The van der Waals surface area contributed by atoms with Crippen LogP contribution in [0.5, 0.6) is 5.75 Å². The van der Waals surface area contributed by atoms with E-state index in [4.69, 9.17) is 0 Å². The van der Waals surface area contributed by atoms with Crippen LogP contribution < -0.4 is 0 Å². The largest absolute Gasteiger partial charge is 0.508 e. The Morgan fingerprint density at radius 1 is 1.42 bits per heavy atom. The van der Waals surface area contributed by atoms with Crippen LogP contribution in [0.1, 0.15) is 12.5 Å². The SMILES string of the molecule is CC(Br)(CBr)c1ccccc1O. The molecule has 0 aromatic heterocycles. The molecule has 0 amide bonds. The van der Waals surface area contributed by atoms with Crippen molar-refractivity contribution in [3.8, 4) is 5.75 Å². The monoisotopic (exact) mass is 292 g/mol. The highest BCUT2D eigenvalue weighted by molar-refractivity contribution is 9.12. The van der Waals surface area contributed by atoms with Gasteiger partial charge >= 0.3 is 0 Å². The van der Waals surface area contributed by atoms with E-state index in [1.54, 1.807) is 6.07 Å². The Labute approximate surface area is 89.1 Å². The summed E-state index contributed by atoms with van der Waals surface area (Å²) in [4.78, 5) is 0. The summed E-state index contributed by atoms with van der Waals surface area (Å²) in [6.45, 7) is 2.01. The summed E-state index contributed by atoms with van der Waals surface area (Å²) < 4.78 is -0.196. The Bertz CT molecular complexity index is 271. The van der Waals surface area contributed by atoms with Crippen LogP contribution in [0.2, 0.25) is 0 Å². The lowest BCUT2D eigenvalue weighted by Gasteiger charge is -2.20. The van der Waals surface area contributed by atoms with Crippen LogP contribution in [0.4, 0.5) is 0 Å². The molecular weight excluding hydrogens is 284 g/mol. The molecule has 0 bridgehead atoms. The Kier molecular flexibility index (Phi) is 3.18. The van der Waals surface area contributed by atoms with Crippen molar-refractivity contribution in [1.29, 1.82) is 0 Å². The average molecular weight is 294 g/mol. The fourth-order valence-corrected chi connectivity index (χ4v) is 1.62. The second-order valence-electron chi connectivity index (χ2n) is 2.85. The summed E-state index contributed by atoms with van der Waals surface area (Å²) in [5, 5.41) is 10.3. The van der Waals surface area contributed by atoms with Crippen LogP contribution in [0.15, 0.2) is 24.3 Å². The molecule has 1 nitrogen and oxygen atoms in total. The van der Waals surface area contributed by atoms with Gasteiger partial charge in [0.05, 0.1) is 4.32 Å². The lowest BCUT2D eigenvalue weighted by Crippen LogP contribution is -2.14. The zero-order chi connectivity index (χ0) is 9.19. The molecule has 3 heteroatoms. The van der Waals surface area contributed by atoms with E-state index in [1.165, 1.54) is 0 Å². The van der Waals surface area contributed by atoms with Crippen molar-refractivity contribution < 1.29 is 5.11 Å². The van der Waals surface area contributed by atoms with E-state index in [1.807, 2.05) is 25.1 Å². The zero-order valence-corrected chi connectivity index (χ0v) is 9.89. The maximum atomic E-state index is 9.53. The average Bonchev–Trinajstić information content (AvgIpc) is 2.05. The molecule has 0 heterocycles. The summed E-state index contributed by atoms with van der Waals surface area (Å²) >= 11 is 6.92. The molecule has 0 fully saturated rings. The highest BCUT2D eigenvalue weighted by Gasteiger charge is 2.23. The summed E-state index contributed by atoms with van der Waals surface area (Å²) in [6, 6.07) is 7.33. The smallest absolute Gasteiger partial charge is 0.120 e. The number of hydrogen-bond donors (Lipinski definition) is 1. The van der Waals surface area contributed by atoms with Gasteiger partial charge in [0.1, 0.15) is 5.75 Å². The number of phenols is 1. The highest BCUT2D eigenvalue weighted by atomic mass is 79.9. The molecule has 0 saturated carbocycles. The molecule has 1 N–H and O–H groups in total.